The van der Waals surface area contributed by atoms with E-state index in [1.165, 1.54) is 0 Å². The van der Waals surface area contributed by atoms with Crippen molar-refractivity contribution in [2.24, 2.45) is 0 Å². The SMILES string of the molecule is CC[S+]([O-])CC1COS(=O)O1. The maximum absolute atomic E-state index is 11.0. The predicted molar refractivity (Wildman–Crippen MR) is 42.5 cm³/mol. The smallest absolute Gasteiger partial charge is 0.305 e. The summed E-state index contributed by atoms with van der Waals surface area (Å²) in [5.74, 6) is 1.02. The highest BCUT2D eigenvalue weighted by molar-refractivity contribution is 7.91. The van der Waals surface area contributed by atoms with Crippen molar-refractivity contribution in [3.05, 3.63) is 0 Å². The van der Waals surface area contributed by atoms with Crippen molar-refractivity contribution in [1.82, 2.24) is 0 Å². The van der Waals surface area contributed by atoms with Gasteiger partial charge in [0, 0.05) is 0 Å². The highest BCUT2D eigenvalue weighted by atomic mass is 32.2. The van der Waals surface area contributed by atoms with Crippen LogP contribution in [-0.4, -0.2) is 33.0 Å². The van der Waals surface area contributed by atoms with Crippen LogP contribution in [0.15, 0.2) is 0 Å². The molecule has 0 saturated carbocycles. The van der Waals surface area contributed by atoms with E-state index < -0.39 is 22.5 Å². The minimum absolute atomic E-state index is 0.253. The Morgan fingerprint density at radius 3 is 3.00 bits per heavy atom. The maximum Gasteiger partial charge on any atom is 0.305 e. The average Bonchev–Trinajstić information content (AvgIpc) is 2.35. The monoisotopic (exact) mass is 198 g/mol. The molecule has 11 heavy (non-hydrogen) atoms. The van der Waals surface area contributed by atoms with E-state index in [1.54, 1.807) is 0 Å². The zero-order valence-electron chi connectivity index (χ0n) is 6.15. The Balaban J connectivity index is 2.22. The van der Waals surface area contributed by atoms with Gasteiger partial charge in [0.1, 0.15) is 17.6 Å². The summed E-state index contributed by atoms with van der Waals surface area (Å²) >= 11 is -2.48. The fraction of sp³-hybridized carbons (Fsp3) is 1.00. The zero-order chi connectivity index (χ0) is 8.27. The third-order valence-corrected chi connectivity index (χ3v) is 3.40. The average molecular weight is 198 g/mol. The molecule has 0 aromatic heterocycles. The lowest BCUT2D eigenvalue weighted by Gasteiger charge is -2.10. The summed E-state index contributed by atoms with van der Waals surface area (Å²) in [7, 11) is 0. The molecule has 1 heterocycles. The van der Waals surface area contributed by atoms with Gasteiger partial charge in [0.25, 0.3) is 0 Å². The molecule has 3 atom stereocenters. The first kappa shape index (κ1) is 9.47. The summed E-state index contributed by atoms with van der Waals surface area (Å²) in [6.07, 6.45) is -0.253. The number of hydrogen-bond donors (Lipinski definition) is 0. The van der Waals surface area contributed by atoms with Gasteiger partial charge in [0.05, 0.1) is 6.61 Å². The quantitative estimate of drug-likeness (QED) is 0.587. The molecular formula is C5H10O4S2. The molecule has 0 amide bonds. The van der Waals surface area contributed by atoms with E-state index in [9.17, 15) is 8.76 Å². The summed E-state index contributed by atoms with van der Waals surface area (Å²) in [6, 6.07) is 0. The molecule has 1 aliphatic heterocycles. The highest BCUT2D eigenvalue weighted by Gasteiger charge is 2.27. The first-order valence-electron chi connectivity index (χ1n) is 3.29. The Hall–Kier alpha value is 0.380. The van der Waals surface area contributed by atoms with Crippen molar-refractivity contribution in [3.8, 4) is 0 Å². The molecule has 0 aromatic rings. The second-order valence-electron chi connectivity index (χ2n) is 2.10. The Kier molecular flexibility index (Phi) is 3.80. The zero-order valence-corrected chi connectivity index (χ0v) is 7.78. The van der Waals surface area contributed by atoms with E-state index >= 15 is 0 Å². The topological polar surface area (TPSA) is 58.6 Å². The van der Waals surface area contributed by atoms with Gasteiger partial charge in [-0.2, -0.15) is 4.21 Å². The van der Waals surface area contributed by atoms with Crippen LogP contribution in [0.1, 0.15) is 6.92 Å². The van der Waals surface area contributed by atoms with Gasteiger partial charge in [-0.3, -0.25) is 8.37 Å². The van der Waals surface area contributed by atoms with Crippen molar-refractivity contribution in [2.45, 2.75) is 13.0 Å². The van der Waals surface area contributed by atoms with E-state index in [0.717, 1.165) is 0 Å². The minimum Gasteiger partial charge on any atom is -0.616 e. The molecule has 3 unspecified atom stereocenters. The van der Waals surface area contributed by atoms with Crippen LogP contribution in [0.3, 0.4) is 0 Å². The fourth-order valence-corrected chi connectivity index (χ4v) is 2.26. The molecule has 0 spiro atoms. The van der Waals surface area contributed by atoms with Gasteiger partial charge in [-0.1, -0.05) is 11.2 Å². The maximum atomic E-state index is 11.0. The second-order valence-corrected chi connectivity index (χ2v) is 4.73. The standard InChI is InChI=1S/C5H10O4S2/c1-2-10(6)4-5-3-8-11(7)9-5/h5H,2-4H2,1H3. The molecule has 0 radical (unpaired) electrons. The summed E-state index contributed by atoms with van der Waals surface area (Å²) < 4.78 is 30.9. The number of hydrogen-bond acceptors (Lipinski definition) is 4. The lowest BCUT2D eigenvalue weighted by Crippen LogP contribution is -2.23. The largest absolute Gasteiger partial charge is 0.616 e. The summed E-state index contributed by atoms with van der Waals surface area (Å²) in [4.78, 5) is 0. The molecule has 0 bridgehead atoms. The fourth-order valence-electron chi connectivity index (χ4n) is 0.699. The molecule has 1 rings (SSSR count). The summed E-state index contributed by atoms with van der Waals surface area (Å²) in [6.45, 7) is 2.13. The molecule has 4 nitrogen and oxygen atoms in total. The molecule has 6 heteroatoms. The van der Waals surface area contributed by atoms with Gasteiger partial charge in [0.15, 0.2) is 0 Å². The van der Waals surface area contributed by atoms with Crippen LogP contribution in [-0.2, 0) is 30.9 Å². The van der Waals surface area contributed by atoms with Crippen LogP contribution >= 0.6 is 0 Å². The van der Waals surface area contributed by atoms with Gasteiger partial charge in [0.2, 0.25) is 0 Å². The van der Waals surface area contributed by atoms with Gasteiger partial charge < -0.3 is 4.55 Å². The van der Waals surface area contributed by atoms with Gasteiger partial charge >= 0.3 is 11.4 Å². The molecule has 0 aromatic carbocycles. The van der Waals surface area contributed by atoms with E-state index in [4.69, 9.17) is 4.18 Å². The number of rotatable bonds is 3. The molecule has 66 valence electrons. The first-order chi connectivity index (χ1) is 5.22. The molecule has 1 saturated heterocycles. The van der Waals surface area contributed by atoms with Crippen LogP contribution in [0.2, 0.25) is 0 Å². The first-order valence-corrected chi connectivity index (χ1v) is 5.78. The third kappa shape index (κ3) is 3.08. The van der Waals surface area contributed by atoms with Crippen LogP contribution < -0.4 is 0 Å². The van der Waals surface area contributed by atoms with Crippen molar-refractivity contribution < 1.29 is 17.1 Å². The van der Waals surface area contributed by atoms with E-state index in [0.29, 0.717) is 18.1 Å². The van der Waals surface area contributed by atoms with Crippen LogP contribution in [0, 0.1) is 0 Å². The molecular weight excluding hydrogens is 188 g/mol. The molecule has 1 fully saturated rings. The van der Waals surface area contributed by atoms with Crippen LogP contribution in [0.4, 0.5) is 0 Å². The van der Waals surface area contributed by atoms with E-state index in [1.807, 2.05) is 6.92 Å². The molecule has 0 N–H and O–H groups in total. The Bertz CT molecular complexity index is 151. The predicted octanol–water partition coefficient (Wildman–Crippen LogP) is -0.251. The Morgan fingerprint density at radius 1 is 1.82 bits per heavy atom. The highest BCUT2D eigenvalue weighted by Crippen LogP contribution is 2.10. The normalized spacial score (nSPS) is 34.0. The van der Waals surface area contributed by atoms with Gasteiger partial charge in [-0.15, -0.1) is 0 Å². The summed E-state index contributed by atoms with van der Waals surface area (Å²) in [5, 5.41) is 0. The lowest BCUT2D eigenvalue weighted by molar-refractivity contribution is 0.264. The van der Waals surface area contributed by atoms with Crippen molar-refractivity contribution >= 4 is 22.5 Å². The van der Waals surface area contributed by atoms with E-state index in [2.05, 4.69) is 4.18 Å². The van der Waals surface area contributed by atoms with Crippen LogP contribution in [0.25, 0.3) is 0 Å². The van der Waals surface area contributed by atoms with Crippen molar-refractivity contribution in [2.75, 3.05) is 18.1 Å². The van der Waals surface area contributed by atoms with Gasteiger partial charge in [-0.05, 0) is 6.92 Å². The lowest BCUT2D eigenvalue weighted by atomic mass is 10.4. The van der Waals surface area contributed by atoms with Crippen molar-refractivity contribution in [3.63, 3.8) is 0 Å². The Morgan fingerprint density at radius 2 is 2.55 bits per heavy atom. The van der Waals surface area contributed by atoms with Crippen molar-refractivity contribution in [1.29, 1.82) is 0 Å². The van der Waals surface area contributed by atoms with E-state index in [-0.39, 0.29) is 6.10 Å². The van der Waals surface area contributed by atoms with Gasteiger partial charge in [-0.25, -0.2) is 0 Å². The van der Waals surface area contributed by atoms with Crippen LogP contribution in [0.5, 0.6) is 0 Å². The summed E-state index contributed by atoms with van der Waals surface area (Å²) in [5.41, 5.74) is 0. The Labute approximate surface area is 71.3 Å². The third-order valence-electron chi connectivity index (χ3n) is 1.26. The minimum atomic E-state index is -1.61. The second kappa shape index (κ2) is 4.42. The molecule has 1 aliphatic rings. The molecule has 0 aliphatic carbocycles.